The van der Waals surface area contributed by atoms with Crippen molar-refractivity contribution in [2.45, 2.75) is 64.5 Å². The molecule has 2 aromatic heterocycles. The van der Waals surface area contributed by atoms with E-state index < -0.39 is 11.9 Å². The van der Waals surface area contributed by atoms with Gasteiger partial charge >= 0.3 is 6.18 Å². The fourth-order valence-electron chi connectivity index (χ4n) is 3.42. The number of hydrogen-bond donors (Lipinski definition) is 0. The summed E-state index contributed by atoms with van der Waals surface area (Å²) in [6.45, 7) is 8.64. The summed E-state index contributed by atoms with van der Waals surface area (Å²) in [5.41, 5.74) is 0.0458. The highest BCUT2D eigenvalue weighted by Gasteiger charge is 2.37. The first kappa shape index (κ1) is 19.6. The van der Waals surface area contributed by atoms with E-state index in [1.807, 2.05) is 27.7 Å². The van der Waals surface area contributed by atoms with Crippen LogP contribution in [0.25, 0.3) is 5.65 Å². The quantitative estimate of drug-likeness (QED) is 0.784. The maximum Gasteiger partial charge on any atom is 0.433 e. The van der Waals surface area contributed by atoms with Gasteiger partial charge in [-0.1, -0.05) is 27.7 Å². The lowest BCUT2D eigenvalue weighted by Gasteiger charge is -2.31. The van der Waals surface area contributed by atoms with E-state index in [9.17, 15) is 18.0 Å². The van der Waals surface area contributed by atoms with Crippen LogP contribution in [0.4, 0.5) is 13.2 Å². The van der Waals surface area contributed by atoms with Crippen molar-refractivity contribution >= 4 is 11.6 Å². The molecule has 1 fully saturated rings. The second-order valence-corrected chi connectivity index (χ2v) is 8.12. The Morgan fingerprint density at radius 2 is 1.81 bits per heavy atom. The molecule has 3 heterocycles. The molecule has 27 heavy (non-hydrogen) atoms. The smallest absolute Gasteiger partial charge is 0.343 e. The van der Waals surface area contributed by atoms with Crippen molar-refractivity contribution in [1.82, 2.24) is 19.5 Å². The molecule has 2 aromatic rings. The van der Waals surface area contributed by atoms with E-state index in [2.05, 4.69) is 10.1 Å². The first-order valence-corrected chi connectivity index (χ1v) is 9.27. The zero-order valence-corrected chi connectivity index (χ0v) is 16.1. The predicted octanol–water partition coefficient (Wildman–Crippen LogP) is 4.16. The number of hydrogen-bond acceptors (Lipinski definition) is 3. The molecule has 148 valence electrons. The van der Waals surface area contributed by atoms with Crippen LogP contribution in [0, 0.1) is 0 Å². The number of aromatic nitrogens is 3. The van der Waals surface area contributed by atoms with Gasteiger partial charge in [-0.2, -0.15) is 18.3 Å². The molecule has 0 bridgehead atoms. The zero-order valence-electron chi connectivity index (χ0n) is 16.1. The Bertz CT molecular complexity index is 843. The van der Waals surface area contributed by atoms with Crippen molar-refractivity contribution in [2.24, 2.45) is 0 Å². The normalized spacial score (nSPS) is 16.9. The lowest BCUT2D eigenvalue weighted by atomic mass is 9.92. The Morgan fingerprint density at radius 3 is 2.33 bits per heavy atom. The molecule has 0 aromatic carbocycles. The number of alkyl halides is 3. The van der Waals surface area contributed by atoms with E-state index in [-0.39, 0.29) is 22.9 Å². The minimum atomic E-state index is -4.52. The Balaban J connectivity index is 1.98. The van der Waals surface area contributed by atoms with Gasteiger partial charge in [-0.3, -0.25) is 4.79 Å². The van der Waals surface area contributed by atoms with Gasteiger partial charge in [0, 0.05) is 42.6 Å². The van der Waals surface area contributed by atoms with Crippen molar-refractivity contribution < 1.29 is 18.0 Å². The van der Waals surface area contributed by atoms with E-state index >= 15 is 0 Å². The molecule has 3 rings (SSSR count). The Hall–Kier alpha value is -2.12. The molecule has 0 spiro atoms. The highest BCUT2D eigenvalue weighted by Crippen LogP contribution is 2.35. The summed E-state index contributed by atoms with van der Waals surface area (Å²) < 4.78 is 41.8. The van der Waals surface area contributed by atoms with E-state index in [4.69, 9.17) is 0 Å². The Kier molecular flexibility index (Phi) is 4.94. The monoisotopic (exact) mass is 382 g/mol. The molecule has 0 unspecified atom stereocenters. The second-order valence-electron chi connectivity index (χ2n) is 8.12. The molecule has 1 amide bonds. The molecule has 1 aliphatic heterocycles. The third-order valence-corrected chi connectivity index (χ3v) is 5.07. The fourth-order valence-corrected chi connectivity index (χ4v) is 3.42. The molecule has 8 heteroatoms. The van der Waals surface area contributed by atoms with Crippen LogP contribution in [0.1, 0.15) is 70.0 Å². The number of rotatable bonds is 2. The first-order valence-electron chi connectivity index (χ1n) is 9.27. The van der Waals surface area contributed by atoms with Crippen molar-refractivity contribution in [3.8, 4) is 0 Å². The third-order valence-electron chi connectivity index (χ3n) is 5.07. The van der Waals surface area contributed by atoms with Crippen molar-refractivity contribution in [3.05, 3.63) is 29.2 Å². The summed E-state index contributed by atoms with van der Waals surface area (Å²) in [4.78, 5) is 18.1. The van der Waals surface area contributed by atoms with E-state index in [1.54, 1.807) is 11.0 Å². The number of likely N-dealkylation sites (tertiary alicyclic amines) is 1. The minimum Gasteiger partial charge on any atom is -0.343 e. The molecule has 0 atom stereocenters. The van der Waals surface area contributed by atoms with Crippen LogP contribution in [-0.2, 0) is 16.4 Å². The zero-order chi connectivity index (χ0) is 20.0. The Morgan fingerprint density at radius 1 is 1.19 bits per heavy atom. The molecule has 5 nitrogen and oxygen atoms in total. The maximum absolute atomic E-state index is 13.6. The second kappa shape index (κ2) is 6.80. The molecule has 0 radical (unpaired) electrons. The molecule has 0 aliphatic carbocycles. The topological polar surface area (TPSA) is 50.5 Å². The van der Waals surface area contributed by atoms with Crippen LogP contribution < -0.4 is 0 Å². The van der Waals surface area contributed by atoms with Crippen molar-refractivity contribution in [2.75, 3.05) is 13.1 Å². The number of carbonyl (C=O) groups excluding carboxylic acids is 1. The minimum absolute atomic E-state index is 0.0819. The van der Waals surface area contributed by atoms with Gasteiger partial charge in [0.2, 0.25) is 5.91 Å². The first-order chi connectivity index (χ1) is 12.5. The molecular formula is C19H25F3N4O. The SMILES string of the molecule is CCC(=O)N1CCC(c2cc(C(F)(F)F)n3nc(C(C)(C)C)cc3n2)CC1. The van der Waals surface area contributed by atoms with Crippen LogP contribution >= 0.6 is 0 Å². The summed E-state index contributed by atoms with van der Waals surface area (Å²) in [7, 11) is 0. The van der Waals surface area contributed by atoms with Gasteiger partial charge in [-0.15, -0.1) is 0 Å². The lowest BCUT2D eigenvalue weighted by molar-refractivity contribution is -0.142. The summed E-state index contributed by atoms with van der Waals surface area (Å²) in [6.07, 6.45) is -2.84. The standard InChI is InChI=1S/C19H25F3N4O/c1-5-17(27)25-8-6-12(7-9-25)13-10-15(19(20,21)22)26-16(23-13)11-14(24-26)18(2,3)4/h10-12H,5-9H2,1-4H3. The average molecular weight is 382 g/mol. The number of carbonyl (C=O) groups is 1. The molecule has 1 aliphatic rings. The number of piperidine rings is 1. The van der Waals surface area contributed by atoms with Crippen molar-refractivity contribution in [3.63, 3.8) is 0 Å². The highest BCUT2D eigenvalue weighted by atomic mass is 19.4. The number of nitrogens with zero attached hydrogens (tertiary/aromatic N) is 4. The van der Waals surface area contributed by atoms with Gasteiger partial charge in [0.15, 0.2) is 5.65 Å². The van der Waals surface area contributed by atoms with E-state index in [1.165, 1.54) is 0 Å². The van der Waals surface area contributed by atoms with Gasteiger partial charge in [0.25, 0.3) is 0 Å². The molecule has 0 N–H and O–H groups in total. The van der Waals surface area contributed by atoms with Gasteiger partial charge in [-0.05, 0) is 18.9 Å². The summed E-state index contributed by atoms with van der Waals surface area (Å²) in [5.74, 6) is -0.0107. The molecular weight excluding hydrogens is 357 g/mol. The number of fused-ring (bicyclic) bond motifs is 1. The van der Waals surface area contributed by atoms with Gasteiger partial charge in [0.05, 0.1) is 5.69 Å². The van der Waals surface area contributed by atoms with Gasteiger partial charge < -0.3 is 4.90 Å². The average Bonchev–Trinajstić information content (AvgIpc) is 3.04. The van der Waals surface area contributed by atoms with Crippen molar-refractivity contribution in [1.29, 1.82) is 0 Å². The van der Waals surface area contributed by atoms with E-state index in [0.29, 0.717) is 43.7 Å². The molecule has 0 saturated carbocycles. The molecule has 1 saturated heterocycles. The summed E-state index contributed by atoms with van der Waals surface area (Å²) >= 11 is 0. The van der Waals surface area contributed by atoms with Crippen LogP contribution in [0.2, 0.25) is 0 Å². The van der Waals surface area contributed by atoms with Gasteiger partial charge in [0.1, 0.15) is 5.69 Å². The predicted molar refractivity (Wildman–Crippen MR) is 95.5 cm³/mol. The fraction of sp³-hybridized carbons (Fsp3) is 0.632. The van der Waals surface area contributed by atoms with Crippen LogP contribution in [0.5, 0.6) is 0 Å². The van der Waals surface area contributed by atoms with E-state index in [0.717, 1.165) is 10.6 Å². The summed E-state index contributed by atoms with van der Waals surface area (Å²) in [5, 5.41) is 4.16. The van der Waals surface area contributed by atoms with Crippen LogP contribution in [0.15, 0.2) is 12.1 Å². The maximum atomic E-state index is 13.6. The number of amides is 1. The van der Waals surface area contributed by atoms with Crippen LogP contribution in [-0.4, -0.2) is 38.5 Å². The third kappa shape index (κ3) is 3.94. The van der Waals surface area contributed by atoms with Crippen LogP contribution in [0.3, 0.4) is 0 Å². The Labute approximate surface area is 156 Å². The highest BCUT2D eigenvalue weighted by molar-refractivity contribution is 5.75. The largest absolute Gasteiger partial charge is 0.433 e. The summed E-state index contributed by atoms with van der Waals surface area (Å²) in [6, 6.07) is 2.75. The van der Waals surface area contributed by atoms with Gasteiger partial charge in [-0.25, -0.2) is 9.50 Å². The number of halogens is 3. The lowest BCUT2D eigenvalue weighted by Crippen LogP contribution is -2.37.